The Balaban J connectivity index is 1.57. The van der Waals surface area contributed by atoms with Crippen LogP contribution in [0.25, 0.3) is 0 Å². The first-order valence-electron chi connectivity index (χ1n) is 12.5. The quantitative estimate of drug-likeness (QED) is 0.256. The largest absolute Gasteiger partial charge is 0.493 e. The van der Waals surface area contributed by atoms with Crippen LogP contribution in [0, 0.1) is 6.92 Å². The molecule has 1 aliphatic rings. The molecule has 0 saturated carbocycles. The number of benzene rings is 3. The number of amides is 2. The normalized spacial score (nSPS) is 14.2. The zero-order chi connectivity index (χ0) is 28.4. The molecule has 0 unspecified atom stereocenters. The molecule has 0 aliphatic carbocycles. The van der Waals surface area contributed by atoms with Crippen LogP contribution in [0.4, 0.5) is 17.2 Å². The molecule has 1 atom stereocenters. The van der Waals surface area contributed by atoms with E-state index in [2.05, 4.69) is 21.0 Å². The molecule has 5 rings (SSSR count). The molecule has 204 valence electrons. The van der Waals surface area contributed by atoms with Gasteiger partial charge in [-0.15, -0.1) is 0 Å². The smallest absolute Gasteiger partial charge is 0.261 e. The van der Waals surface area contributed by atoms with E-state index >= 15 is 0 Å². The number of nitrogens with zero attached hydrogens (tertiary/aromatic N) is 2. The van der Waals surface area contributed by atoms with Crippen LogP contribution in [0.2, 0.25) is 5.02 Å². The van der Waals surface area contributed by atoms with Gasteiger partial charge in [0.05, 0.1) is 26.0 Å². The number of ether oxygens (including phenoxy) is 2. The molecule has 0 saturated heterocycles. The van der Waals surface area contributed by atoms with Gasteiger partial charge in [-0.3, -0.25) is 9.59 Å². The Morgan fingerprint density at radius 2 is 1.50 bits per heavy atom. The number of nitrogens with one attached hydrogen (secondary N) is 3. The molecular formula is C30H28ClN5O4. The van der Waals surface area contributed by atoms with E-state index in [9.17, 15) is 9.59 Å². The minimum atomic E-state index is -0.677. The number of carbonyl (C=O) groups is 2. The summed E-state index contributed by atoms with van der Waals surface area (Å²) in [6, 6.07) is 19.1. The van der Waals surface area contributed by atoms with Crippen molar-refractivity contribution >= 4 is 40.6 Å². The van der Waals surface area contributed by atoms with Gasteiger partial charge in [-0.2, -0.15) is 5.10 Å². The minimum Gasteiger partial charge on any atom is -0.493 e. The van der Waals surface area contributed by atoms with E-state index in [0.29, 0.717) is 50.5 Å². The monoisotopic (exact) mass is 557 g/mol. The van der Waals surface area contributed by atoms with Crippen LogP contribution < -0.4 is 25.4 Å². The van der Waals surface area contributed by atoms with Crippen molar-refractivity contribution in [2.75, 3.05) is 30.2 Å². The molecule has 0 fully saturated rings. The van der Waals surface area contributed by atoms with Gasteiger partial charge in [0.25, 0.3) is 11.8 Å². The number of fused-ring (bicyclic) bond motifs is 1. The lowest BCUT2D eigenvalue weighted by Crippen LogP contribution is -2.32. The molecule has 3 N–H and O–H groups in total. The lowest BCUT2D eigenvalue weighted by Gasteiger charge is -2.30. The first-order chi connectivity index (χ1) is 19.3. The SMILES string of the molecule is COc1ccc([C@@H]2C(C(=O)Nc3ccc(Cl)cc3)=C(C)Nc3c(C(=O)Nc4ccc(C)cc4)cnn32)cc1OC. The summed E-state index contributed by atoms with van der Waals surface area (Å²) in [5, 5.41) is 14.2. The maximum Gasteiger partial charge on any atom is 0.261 e. The molecule has 1 aromatic heterocycles. The van der Waals surface area contributed by atoms with Crippen molar-refractivity contribution in [1.29, 1.82) is 0 Å². The summed E-state index contributed by atoms with van der Waals surface area (Å²) in [5.74, 6) is 0.848. The lowest BCUT2D eigenvalue weighted by atomic mass is 9.94. The van der Waals surface area contributed by atoms with Crippen molar-refractivity contribution in [2.24, 2.45) is 0 Å². The summed E-state index contributed by atoms with van der Waals surface area (Å²) in [6.07, 6.45) is 1.49. The second-order valence-corrected chi connectivity index (χ2v) is 9.75. The van der Waals surface area contributed by atoms with Gasteiger partial charge in [0.15, 0.2) is 11.5 Å². The van der Waals surface area contributed by atoms with Crippen LogP contribution in [-0.4, -0.2) is 35.8 Å². The summed E-state index contributed by atoms with van der Waals surface area (Å²) >= 11 is 6.02. The first kappa shape index (κ1) is 26.8. The van der Waals surface area contributed by atoms with Crippen LogP contribution in [0.5, 0.6) is 11.5 Å². The summed E-state index contributed by atoms with van der Waals surface area (Å²) in [6.45, 7) is 3.77. The Bertz CT molecular complexity index is 1610. The number of carbonyl (C=O) groups excluding carboxylic acids is 2. The maximum atomic E-state index is 13.7. The molecule has 0 radical (unpaired) electrons. The van der Waals surface area contributed by atoms with Crippen molar-refractivity contribution in [3.05, 3.63) is 106 Å². The molecule has 4 aromatic rings. The molecule has 0 bridgehead atoms. The van der Waals surface area contributed by atoms with Gasteiger partial charge in [-0.05, 0) is 67.9 Å². The van der Waals surface area contributed by atoms with Crippen LogP contribution in [-0.2, 0) is 4.79 Å². The van der Waals surface area contributed by atoms with Crippen molar-refractivity contribution in [1.82, 2.24) is 9.78 Å². The number of aryl methyl sites for hydroxylation is 1. The molecule has 0 spiro atoms. The van der Waals surface area contributed by atoms with Gasteiger partial charge >= 0.3 is 0 Å². The summed E-state index contributed by atoms with van der Waals surface area (Å²) < 4.78 is 12.6. The van der Waals surface area contributed by atoms with E-state index in [4.69, 9.17) is 21.1 Å². The fourth-order valence-electron chi connectivity index (χ4n) is 4.61. The highest BCUT2D eigenvalue weighted by atomic mass is 35.5. The van der Waals surface area contributed by atoms with Gasteiger partial charge in [0, 0.05) is 22.1 Å². The van der Waals surface area contributed by atoms with E-state index in [1.807, 2.05) is 37.3 Å². The van der Waals surface area contributed by atoms with Crippen molar-refractivity contribution < 1.29 is 19.1 Å². The average Bonchev–Trinajstić information content (AvgIpc) is 3.37. The van der Waals surface area contributed by atoms with E-state index in [-0.39, 0.29) is 11.8 Å². The molecule has 9 nitrogen and oxygen atoms in total. The standard InChI is InChI=1S/C30H28ClN5O4/c1-17-5-10-21(11-6-17)34-29(37)23-16-32-36-27(19-7-14-24(39-3)25(15-19)40-4)26(18(2)33-28(23)36)30(38)35-22-12-8-20(31)9-13-22/h5-16,27,33H,1-4H3,(H,34,37)(H,35,38)/t27-/m1/s1. The Morgan fingerprint density at radius 3 is 2.15 bits per heavy atom. The van der Waals surface area contributed by atoms with Crippen LogP contribution >= 0.6 is 11.6 Å². The summed E-state index contributed by atoms with van der Waals surface area (Å²) in [5.41, 5.74) is 4.39. The Labute approximate surface area is 236 Å². The lowest BCUT2D eigenvalue weighted by molar-refractivity contribution is -0.113. The third kappa shape index (κ3) is 5.23. The highest BCUT2D eigenvalue weighted by Crippen LogP contribution is 2.40. The third-order valence-corrected chi connectivity index (χ3v) is 6.90. The molecule has 40 heavy (non-hydrogen) atoms. The number of allylic oxidation sites excluding steroid dienone is 1. The van der Waals surface area contributed by atoms with Gasteiger partial charge in [-0.1, -0.05) is 35.4 Å². The topological polar surface area (TPSA) is 107 Å². The fourth-order valence-corrected chi connectivity index (χ4v) is 4.74. The highest BCUT2D eigenvalue weighted by molar-refractivity contribution is 6.30. The van der Waals surface area contributed by atoms with Gasteiger partial charge in [0.1, 0.15) is 17.4 Å². The highest BCUT2D eigenvalue weighted by Gasteiger charge is 2.36. The number of hydrogen-bond acceptors (Lipinski definition) is 6. The second-order valence-electron chi connectivity index (χ2n) is 9.31. The van der Waals surface area contributed by atoms with Crippen LogP contribution in [0.15, 0.2) is 84.2 Å². The van der Waals surface area contributed by atoms with Gasteiger partial charge < -0.3 is 25.4 Å². The molecule has 3 aromatic carbocycles. The van der Waals surface area contributed by atoms with Crippen LogP contribution in [0.3, 0.4) is 0 Å². The Morgan fingerprint density at radius 1 is 0.875 bits per heavy atom. The number of anilines is 3. The molecular weight excluding hydrogens is 530 g/mol. The molecule has 2 amide bonds. The number of aromatic nitrogens is 2. The van der Waals surface area contributed by atoms with Gasteiger partial charge in [-0.25, -0.2) is 4.68 Å². The van der Waals surface area contributed by atoms with E-state index in [1.165, 1.54) is 6.20 Å². The van der Waals surface area contributed by atoms with Crippen LogP contribution in [0.1, 0.15) is 34.5 Å². The predicted octanol–water partition coefficient (Wildman–Crippen LogP) is 6.04. The predicted molar refractivity (Wildman–Crippen MR) is 155 cm³/mol. The minimum absolute atomic E-state index is 0.328. The molecule has 1 aliphatic heterocycles. The first-order valence-corrected chi connectivity index (χ1v) is 12.9. The number of halogens is 1. The van der Waals surface area contributed by atoms with E-state index in [1.54, 1.807) is 62.2 Å². The summed E-state index contributed by atoms with van der Waals surface area (Å²) in [4.78, 5) is 27.0. The van der Waals surface area contributed by atoms with E-state index < -0.39 is 6.04 Å². The van der Waals surface area contributed by atoms with Crippen molar-refractivity contribution in [3.8, 4) is 11.5 Å². The van der Waals surface area contributed by atoms with E-state index in [0.717, 1.165) is 11.1 Å². The Kier molecular flexibility index (Phi) is 7.48. The molecule has 2 heterocycles. The average molecular weight is 558 g/mol. The molecule has 10 heteroatoms. The zero-order valence-corrected chi connectivity index (χ0v) is 23.2. The number of hydrogen-bond donors (Lipinski definition) is 3. The van der Waals surface area contributed by atoms with Gasteiger partial charge in [0.2, 0.25) is 0 Å². The number of methoxy groups -OCH3 is 2. The third-order valence-electron chi connectivity index (χ3n) is 6.65. The van der Waals surface area contributed by atoms with Crippen molar-refractivity contribution in [2.45, 2.75) is 19.9 Å². The second kappa shape index (κ2) is 11.2. The fraction of sp³-hybridized carbons (Fsp3) is 0.167. The van der Waals surface area contributed by atoms with Crippen molar-refractivity contribution in [3.63, 3.8) is 0 Å². The zero-order valence-electron chi connectivity index (χ0n) is 22.4. The maximum absolute atomic E-state index is 13.7. The number of rotatable bonds is 7. The Hall–Kier alpha value is -4.76. The summed E-state index contributed by atoms with van der Waals surface area (Å²) in [7, 11) is 3.10.